The Balaban J connectivity index is 1.40. The molecule has 2 aromatic heterocycles. The number of hydrogen-bond acceptors (Lipinski definition) is 5. The van der Waals surface area contributed by atoms with Crippen LogP contribution in [0.5, 0.6) is 0 Å². The fourth-order valence-corrected chi connectivity index (χ4v) is 7.27. The highest BCUT2D eigenvalue weighted by atomic mass is 28.3. The van der Waals surface area contributed by atoms with Crippen LogP contribution in [0.1, 0.15) is 42.5 Å². The zero-order valence-electron chi connectivity index (χ0n) is 19.4. The van der Waals surface area contributed by atoms with Crippen molar-refractivity contribution in [3.63, 3.8) is 0 Å². The van der Waals surface area contributed by atoms with Gasteiger partial charge in [0, 0.05) is 38.5 Å². The molecule has 2 unspecified atom stereocenters. The van der Waals surface area contributed by atoms with Crippen molar-refractivity contribution in [2.75, 3.05) is 11.9 Å². The molecule has 0 radical (unpaired) electrons. The van der Waals surface area contributed by atoms with Crippen LogP contribution in [0, 0.1) is 17.8 Å². The van der Waals surface area contributed by atoms with Gasteiger partial charge in [0.05, 0.1) is 16.9 Å². The zero-order valence-corrected chi connectivity index (χ0v) is 20.4. The molecule has 0 spiro atoms. The lowest BCUT2D eigenvalue weighted by Crippen LogP contribution is -2.59. The Hall–Kier alpha value is -1.90. The van der Waals surface area contributed by atoms with Gasteiger partial charge in [-0.2, -0.15) is 0 Å². The van der Waals surface area contributed by atoms with Crippen LogP contribution in [-0.2, 0) is 11.5 Å². The van der Waals surface area contributed by atoms with Gasteiger partial charge in [-0.05, 0) is 62.0 Å². The number of hydrogen-bond donors (Lipinski definition) is 3. The van der Waals surface area contributed by atoms with Crippen LogP contribution < -0.4 is 11.1 Å². The Bertz CT molecular complexity index is 1010. The number of rotatable bonds is 8. The predicted octanol–water partition coefficient (Wildman–Crippen LogP) is 3.80. The molecular weight excluding hydrogens is 420 g/mol. The topological polar surface area (TPSA) is 102 Å². The number of carbonyl (C=O) groups excluding carboxylic acids is 1. The van der Waals surface area contributed by atoms with E-state index in [0.717, 1.165) is 61.5 Å². The first-order valence-electron chi connectivity index (χ1n) is 12.0. The van der Waals surface area contributed by atoms with E-state index in [-0.39, 0.29) is 6.04 Å². The molecule has 1 amide bonds. The van der Waals surface area contributed by atoms with Gasteiger partial charge in [-0.1, -0.05) is 19.6 Å². The summed E-state index contributed by atoms with van der Waals surface area (Å²) in [7, 11) is -1.13. The van der Waals surface area contributed by atoms with Crippen molar-refractivity contribution < 1.29 is 14.6 Å². The average molecular weight is 457 g/mol. The van der Waals surface area contributed by atoms with E-state index < -0.39 is 19.6 Å². The van der Waals surface area contributed by atoms with E-state index >= 15 is 0 Å². The first-order valence-corrected chi connectivity index (χ1v) is 15.7. The van der Waals surface area contributed by atoms with Crippen LogP contribution in [0.4, 0.5) is 5.69 Å². The highest BCUT2D eigenvalue weighted by Gasteiger charge is 2.54. The number of primary amides is 1. The molecule has 2 aromatic rings. The second-order valence-corrected chi connectivity index (χ2v) is 17.3. The number of nitrogens with one attached hydrogen (secondary N) is 1. The van der Waals surface area contributed by atoms with Crippen LogP contribution in [0.2, 0.25) is 25.7 Å². The van der Waals surface area contributed by atoms with Gasteiger partial charge in [0.15, 0.2) is 0 Å². The lowest BCUT2D eigenvalue weighted by molar-refractivity contribution is -0.129. The van der Waals surface area contributed by atoms with Gasteiger partial charge in [-0.25, -0.2) is 4.98 Å². The van der Waals surface area contributed by atoms with Crippen LogP contribution in [-0.4, -0.2) is 46.9 Å². The highest BCUT2D eigenvalue weighted by Crippen LogP contribution is 2.56. The number of ether oxygens (including phenoxy) is 1. The Labute approximate surface area is 190 Å². The van der Waals surface area contributed by atoms with Crippen molar-refractivity contribution in [3.05, 3.63) is 24.0 Å². The minimum Gasteiger partial charge on any atom is -0.390 e. The number of aromatic nitrogens is 2. The van der Waals surface area contributed by atoms with Gasteiger partial charge in [-0.3, -0.25) is 4.79 Å². The molecule has 6 rings (SSSR count). The predicted molar refractivity (Wildman–Crippen MR) is 128 cm³/mol. The van der Waals surface area contributed by atoms with Crippen molar-refractivity contribution in [1.29, 1.82) is 0 Å². The Morgan fingerprint density at radius 1 is 1.31 bits per heavy atom. The number of anilines is 1. The third kappa shape index (κ3) is 4.08. The molecule has 4 saturated carbocycles. The first-order chi connectivity index (χ1) is 15.1. The summed E-state index contributed by atoms with van der Waals surface area (Å²) in [5.74, 6) is 1.03. The summed E-state index contributed by atoms with van der Waals surface area (Å²) in [6, 6.07) is 3.38. The van der Waals surface area contributed by atoms with E-state index in [2.05, 4.69) is 29.9 Å². The van der Waals surface area contributed by atoms with E-state index in [4.69, 9.17) is 10.5 Å². The van der Waals surface area contributed by atoms with Gasteiger partial charge in [0.1, 0.15) is 12.4 Å². The summed E-state index contributed by atoms with van der Waals surface area (Å²) in [6.45, 7) is 8.22. The third-order valence-corrected chi connectivity index (χ3v) is 9.54. The fourth-order valence-electron chi connectivity index (χ4n) is 6.51. The van der Waals surface area contributed by atoms with Gasteiger partial charge in [0.25, 0.3) is 5.91 Å². The molecular formula is C24H36N4O3Si. The molecule has 7 nitrogen and oxygen atoms in total. The molecule has 32 heavy (non-hydrogen) atoms. The molecule has 4 aliphatic carbocycles. The van der Waals surface area contributed by atoms with Crippen molar-refractivity contribution in [2.24, 2.45) is 23.5 Å². The number of fused-ring (bicyclic) bond motifs is 1. The summed E-state index contributed by atoms with van der Waals surface area (Å²) in [6.07, 6.45) is 8.54. The summed E-state index contributed by atoms with van der Waals surface area (Å²) < 4.78 is 7.93. The van der Waals surface area contributed by atoms with Gasteiger partial charge >= 0.3 is 0 Å². The van der Waals surface area contributed by atoms with Gasteiger partial charge in [0.2, 0.25) is 0 Å². The van der Waals surface area contributed by atoms with E-state index in [0.29, 0.717) is 30.0 Å². The molecule has 4 aliphatic rings. The Morgan fingerprint density at radius 3 is 2.66 bits per heavy atom. The molecule has 4 fully saturated rings. The quantitative estimate of drug-likeness (QED) is 0.414. The largest absolute Gasteiger partial charge is 0.390 e. The monoisotopic (exact) mass is 456 g/mol. The SMILES string of the molecule is C[Si](C)(C)CCOCn1ccc2c(NC3C4CC5CC3CC(O)(C5)C4)c(C(N)=O)cnc21. The minimum atomic E-state index is -1.13. The average Bonchev–Trinajstić information content (AvgIpc) is 3.09. The highest BCUT2D eigenvalue weighted by molar-refractivity contribution is 6.76. The van der Waals surface area contributed by atoms with Crippen molar-refractivity contribution >= 4 is 30.7 Å². The standard InChI is InChI=1S/C24H36N4O3Si/c1-32(2,3)7-6-31-14-28-5-4-18-21(19(22(25)29)13-26-23(18)28)27-20-16-8-15-9-17(20)12-24(30,10-15)11-16/h4-5,13,15-17,20,30H,6-12,14H2,1-3H3,(H2,25,29)(H,26,27). The Morgan fingerprint density at radius 2 is 2.03 bits per heavy atom. The molecule has 4 bridgehead atoms. The number of aliphatic hydroxyl groups is 1. The second kappa shape index (κ2) is 7.85. The molecule has 2 atom stereocenters. The Kier molecular flexibility index (Phi) is 5.38. The minimum absolute atomic E-state index is 0.256. The molecule has 174 valence electrons. The molecule has 2 heterocycles. The van der Waals surface area contributed by atoms with Gasteiger partial charge in [-0.15, -0.1) is 0 Å². The van der Waals surface area contributed by atoms with Crippen LogP contribution in [0.15, 0.2) is 18.5 Å². The van der Waals surface area contributed by atoms with E-state index in [9.17, 15) is 9.90 Å². The van der Waals surface area contributed by atoms with E-state index in [1.165, 1.54) is 0 Å². The number of nitrogens with zero attached hydrogens (tertiary/aromatic N) is 2. The maximum absolute atomic E-state index is 12.3. The normalized spacial score (nSPS) is 31.4. The number of amides is 1. The maximum Gasteiger partial charge on any atom is 0.252 e. The van der Waals surface area contributed by atoms with Gasteiger partial charge < -0.3 is 25.5 Å². The molecule has 0 aromatic carbocycles. The number of pyridine rings is 1. The second-order valence-electron chi connectivity index (χ2n) is 11.6. The zero-order chi connectivity index (χ0) is 22.7. The van der Waals surface area contributed by atoms with Crippen LogP contribution >= 0.6 is 0 Å². The summed E-state index contributed by atoms with van der Waals surface area (Å²) >= 11 is 0. The van der Waals surface area contributed by atoms with E-state index in [1.54, 1.807) is 6.20 Å². The summed E-state index contributed by atoms with van der Waals surface area (Å²) in [5.41, 5.74) is 7.27. The van der Waals surface area contributed by atoms with Crippen LogP contribution in [0.25, 0.3) is 11.0 Å². The number of nitrogens with two attached hydrogens (primary N) is 1. The molecule has 4 N–H and O–H groups in total. The smallest absolute Gasteiger partial charge is 0.252 e. The molecule has 0 saturated heterocycles. The summed E-state index contributed by atoms with van der Waals surface area (Å²) in [4.78, 5) is 16.8. The lowest BCUT2D eigenvalue weighted by Gasteiger charge is -2.58. The fraction of sp³-hybridized carbons (Fsp3) is 0.667. The van der Waals surface area contributed by atoms with Crippen molar-refractivity contribution in [2.45, 2.75) is 76.2 Å². The van der Waals surface area contributed by atoms with Crippen molar-refractivity contribution in [3.8, 4) is 0 Å². The molecule has 8 heteroatoms. The third-order valence-electron chi connectivity index (χ3n) is 7.83. The van der Waals surface area contributed by atoms with Crippen LogP contribution in [0.3, 0.4) is 0 Å². The number of carbonyl (C=O) groups is 1. The lowest BCUT2D eigenvalue weighted by atomic mass is 9.52. The first kappa shape index (κ1) is 21.9. The molecule has 0 aliphatic heterocycles. The summed E-state index contributed by atoms with van der Waals surface area (Å²) in [5, 5.41) is 15.6. The van der Waals surface area contributed by atoms with Crippen molar-refractivity contribution in [1.82, 2.24) is 9.55 Å². The van der Waals surface area contributed by atoms with E-state index in [1.807, 2.05) is 16.8 Å². The maximum atomic E-state index is 12.3.